The second-order valence-electron chi connectivity index (χ2n) is 6.83. The molecule has 0 unspecified atom stereocenters. The number of anilines is 1. The Morgan fingerprint density at radius 3 is 2.35 bits per heavy atom. The molecular formula is C18H22N4O3S. The first-order valence-electron chi connectivity index (χ1n) is 8.84. The van der Waals surface area contributed by atoms with Crippen molar-refractivity contribution in [3.63, 3.8) is 0 Å². The second-order valence-corrected chi connectivity index (χ2v) is 8.77. The molecule has 1 aliphatic carbocycles. The second kappa shape index (κ2) is 6.94. The van der Waals surface area contributed by atoms with Crippen LogP contribution < -0.4 is 4.90 Å². The van der Waals surface area contributed by atoms with E-state index in [4.69, 9.17) is 0 Å². The van der Waals surface area contributed by atoms with Crippen LogP contribution in [0.2, 0.25) is 0 Å². The molecule has 0 radical (unpaired) electrons. The number of aliphatic hydroxyl groups excluding tert-OH is 1. The van der Waals surface area contributed by atoms with E-state index in [1.54, 1.807) is 30.6 Å². The fourth-order valence-electron chi connectivity index (χ4n) is 3.49. The maximum Gasteiger partial charge on any atom is 0.243 e. The van der Waals surface area contributed by atoms with Gasteiger partial charge in [0.1, 0.15) is 12.1 Å². The molecule has 1 aromatic heterocycles. The number of hydrogen-bond donors (Lipinski definition) is 1. The molecule has 0 amide bonds. The van der Waals surface area contributed by atoms with Crippen LogP contribution in [-0.2, 0) is 10.0 Å². The van der Waals surface area contributed by atoms with Gasteiger partial charge in [0.2, 0.25) is 10.0 Å². The van der Waals surface area contributed by atoms with Gasteiger partial charge in [-0.3, -0.25) is 0 Å². The first kappa shape index (κ1) is 17.4. The summed E-state index contributed by atoms with van der Waals surface area (Å²) >= 11 is 0. The Morgan fingerprint density at radius 2 is 1.69 bits per heavy atom. The van der Waals surface area contributed by atoms with Gasteiger partial charge in [-0.1, -0.05) is 18.2 Å². The van der Waals surface area contributed by atoms with E-state index < -0.39 is 10.0 Å². The first-order chi connectivity index (χ1) is 12.5. The van der Waals surface area contributed by atoms with Gasteiger partial charge in [0.05, 0.1) is 11.0 Å². The predicted molar refractivity (Wildman–Crippen MR) is 97.4 cm³/mol. The Bertz CT molecular complexity index is 861. The lowest BCUT2D eigenvalue weighted by molar-refractivity contribution is 0.0732. The summed E-state index contributed by atoms with van der Waals surface area (Å²) in [6.45, 7) is 2.04. The van der Waals surface area contributed by atoms with E-state index in [-0.39, 0.29) is 6.10 Å². The van der Waals surface area contributed by atoms with Gasteiger partial charge in [-0.25, -0.2) is 18.4 Å². The van der Waals surface area contributed by atoms with Gasteiger partial charge in [-0.2, -0.15) is 4.31 Å². The molecule has 2 aliphatic rings. The molecule has 2 aromatic rings. The molecule has 1 saturated heterocycles. The van der Waals surface area contributed by atoms with E-state index in [9.17, 15) is 13.5 Å². The van der Waals surface area contributed by atoms with Crippen molar-refractivity contribution in [2.75, 3.05) is 31.1 Å². The summed E-state index contributed by atoms with van der Waals surface area (Å²) in [4.78, 5) is 11.1. The van der Waals surface area contributed by atoms with Crippen LogP contribution in [0.5, 0.6) is 0 Å². The van der Waals surface area contributed by atoms with Gasteiger partial charge in [0.15, 0.2) is 0 Å². The molecule has 1 aliphatic heterocycles. The van der Waals surface area contributed by atoms with Crippen molar-refractivity contribution in [2.24, 2.45) is 0 Å². The normalized spacial score (nSPS) is 24.3. The lowest BCUT2D eigenvalue weighted by atomic mass is 9.80. The van der Waals surface area contributed by atoms with Crippen LogP contribution in [0.1, 0.15) is 24.5 Å². The highest BCUT2D eigenvalue weighted by Gasteiger charge is 2.31. The highest BCUT2D eigenvalue weighted by atomic mass is 32.2. The van der Waals surface area contributed by atoms with Crippen molar-refractivity contribution in [2.45, 2.75) is 29.8 Å². The molecule has 4 rings (SSSR count). The summed E-state index contributed by atoms with van der Waals surface area (Å²) in [6, 6.07) is 10.5. The van der Waals surface area contributed by atoms with Crippen LogP contribution in [0.25, 0.3) is 0 Å². The number of aromatic nitrogens is 2. The highest BCUT2D eigenvalue weighted by molar-refractivity contribution is 7.89. The van der Waals surface area contributed by atoms with E-state index in [1.807, 2.05) is 12.1 Å². The Labute approximate surface area is 153 Å². The Kier molecular flexibility index (Phi) is 4.64. The zero-order valence-electron chi connectivity index (χ0n) is 14.4. The average Bonchev–Trinajstić information content (AvgIpc) is 2.66. The van der Waals surface area contributed by atoms with Crippen LogP contribution in [-0.4, -0.2) is 60.1 Å². The molecule has 138 valence electrons. The van der Waals surface area contributed by atoms with E-state index in [0.717, 1.165) is 24.4 Å². The summed E-state index contributed by atoms with van der Waals surface area (Å²) in [5.41, 5.74) is 0.958. The zero-order valence-corrected chi connectivity index (χ0v) is 15.2. The number of piperazine rings is 1. The molecule has 1 aromatic carbocycles. The van der Waals surface area contributed by atoms with Gasteiger partial charge in [-0.05, 0) is 25.0 Å². The lowest BCUT2D eigenvalue weighted by Gasteiger charge is -2.35. The van der Waals surface area contributed by atoms with E-state index in [2.05, 4.69) is 14.9 Å². The molecule has 1 N–H and O–H groups in total. The minimum absolute atomic E-state index is 0.217. The summed E-state index contributed by atoms with van der Waals surface area (Å²) in [7, 11) is -3.44. The number of hydrogen-bond acceptors (Lipinski definition) is 6. The third kappa shape index (κ3) is 3.32. The van der Waals surface area contributed by atoms with Crippen LogP contribution in [0.4, 0.5) is 5.82 Å². The quantitative estimate of drug-likeness (QED) is 0.866. The third-order valence-electron chi connectivity index (χ3n) is 5.15. The molecule has 8 heteroatoms. The Hall–Kier alpha value is -2.03. The Morgan fingerprint density at radius 1 is 1.00 bits per heavy atom. The molecule has 2 heterocycles. The van der Waals surface area contributed by atoms with Crippen LogP contribution in [0.3, 0.4) is 0 Å². The summed E-state index contributed by atoms with van der Waals surface area (Å²) in [5.74, 6) is 1.12. The molecule has 7 nitrogen and oxygen atoms in total. The molecule has 0 bridgehead atoms. The number of sulfonamides is 1. The van der Waals surface area contributed by atoms with Crippen LogP contribution in [0.15, 0.2) is 47.6 Å². The van der Waals surface area contributed by atoms with Gasteiger partial charge < -0.3 is 10.0 Å². The number of rotatable bonds is 4. The molecule has 0 atom stereocenters. The topological polar surface area (TPSA) is 86.6 Å². The molecule has 26 heavy (non-hydrogen) atoms. The molecule has 1 saturated carbocycles. The maximum absolute atomic E-state index is 12.7. The fourth-order valence-corrected chi connectivity index (χ4v) is 4.93. The van der Waals surface area contributed by atoms with E-state index in [0.29, 0.717) is 37.0 Å². The SMILES string of the molecule is O=S(=O)(c1ccccc1)N1CCN(c2cc(C3CC(O)C3)ncn2)CC1. The van der Waals surface area contributed by atoms with Crippen molar-refractivity contribution in [3.8, 4) is 0 Å². The summed E-state index contributed by atoms with van der Waals surface area (Å²) < 4.78 is 26.9. The summed E-state index contributed by atoms with van der Waals surface area (Å²) in [6.07, 6.45) is 2.84. The maximum atomic E-state index is 12.7. The van der Waals surface area contributed by atoms with Gasteiger partial charge >= 0.3 is 0 Å². The predicted octanol–water partition coefficient (Wildman–Crippen LogP) is 1.23. The molecule has 0 spiro atoms. The fraction of sp³-hybridized carbons (Fsp3) is 0.444. The monoisotopic (exact) mass is 374 g/mol. The smallest absolute Gasteiger partial charge is 0.243 e. The van der Waals surface area contributed by atoms with Crippen molar-refractivity contribution in [1.82, 2.24) is 14.3 Å². The standard InChI is InChI=1S/C18H22N4O3S/c23-15-10-14(11-15)17-12-18(20-13-19-17)21-6-8-22(9-7-21)26(24,25)16-4-2-1-3-5-16/h1-5,12-15,23H,6-11H2. The largest absolute Gasteiger partial charge is 0.393 e. The number of aliphatic hydroxyl groups is 1. The number of benzene rings is 1. The molecular weight excluding hydrogens is 352 g/mol. The minimum atomic E-state index is -3.44. The minimum Gasteiger partial charge on any atom is -0.393 e. The first-order valence-corrected chi connectivity index (χ1v) is 10.3. The van der Waals surface area contributed by atoms with Crippen LogP contribution in [0, 0.1) is 0 Å². The molecule has 2 fully saturated rings. The van der Waals surface area contributed by atoms with Crippen molar-refractivity contribution in [1.29, 1.82) is 0 Å². The lowest BCUT2D eigenvalue weighted by Crippen LogP contribution is -2.49. The van der Waals surface area contributed by atoms with E-state index in [1.165, 1.54) is 4.31 Å². The number of nitrogens with zero attached hydrogens (tertiary/aromatic N) is 4. The average molecular weight is 374 g/mol. The highest BCUT2D eigenvalue weighted by Crippen LogP contribution is 2.36. The van der Waals surface area contributed by atoms with Gasteiger partial charge in [0, 0.05) is 43.9 Å². The Balaban J connectivity index is 1.43. The summed E-state index contributed by atoms with van der Waals surface area (Å²) in [5, 5.41) is 9.48. The van der Waals surface area contributed by atoms with Crippen LogP contribution >= 0.6 is 0 Å². The van der Waals surface area contributed by atoms with Gasteiger partial charge in [0.25, 0.3) is 0 Å². The van der Waals surface area contributed by atoms with Crippen molar-refractivity contribution < 1.29 is 13.5 Å². The third-order valence-corrected chi connectivity index (χ3v) is 7.06. The van der Waals surface area contributed by atoms with Crippen molar-refractivity contribution >= 4 is 15.8 Å². The van der Waals surface area contributed by atoms with Crippen molar-refractivity contribution in [3.05, 3.63) is 48.4 Å². The zero-order chi connectivity index (χ0) is 18.1. The van der Waals surface area contributed by atoms with E-state index >= 15 is 0 Å². The van der Waals surface area contributed by atoms with Gasteiger partial charge in [-0.15, -0.1) is 0 Å².